The summed E-state index contributed by atoms with van der Waals surface area (Å²) in [4.78, 5) is 7.95. The summed E-state index contributed by atoms with van der Waals surface area (Å²) < 4.78 is 37.7. The summed E-state index contributed by atoms with van der Waals surface area (Å²) in [5.74, 6) is 0. The Morgan fingerprint density at radius 1 is 1.35 bits per heavy atom. The van der Waals surface area contributed by atoms with Crippen LogP contribution in [0.3, 0.4) is 0 Å². The van der Waals surface area contributed by atoms with Gasteiger partial charge in [0.2, 0.25) is 0 Å². The van der Waals surface area contributed by atoms with Gasteiger partial charge in [0.25, 0.3) is 0 Å². The normalized spacial score (nSPS) is 23.5. The summed E-state index contributed by atoms with van der Waals surface area (Å²) >= 11 is 0. The number of imidazole rings is 1. The van der Waals surface area contributed by atoms with E-state index in [-0.39, 0.29) is 5.69 Å². The number of halogens is 3. The lowest BCUT2D eigenvalue weighted by molar-refractivity contribution is -0.142. The third kappa shape index (κ3) is 1.83. The zero-order valence-electron chi connectivity index (χ0n) is 9.14. The molecule has 7 heteroatoms. The second kappa shape index (κ2) is 3.46. The van der Waals surface area contributed by atoms with Crippen LogP contribution in [0.25, 0.3) is 0 Å². The maximum Gasteiger partial charge on any atom is 0.435 e. The molecule has 0 aliphatic carbocycles. The summed E-state index contributed by atoms with van der Waals surface area (Å²) in [6, 6.07) is 0. The van der Waals surface area contributed by atoms with Gasteiger partial charge in [0.05, 0.1) is 12.0 Å². The molecule has 3 rings (SSSR count). The first-order valence-electron chi connectivity index (χ1n) is 5.51. The second-order valence-electron chi connectivity index (χ2n) is 4.98. The number of hydrogen-bond acceptors (Lipinski definition) is 3. The van der Waals surface area contributed by atoms with Gasteiger partial charge < -0.3 is 10.3 Å². The van der Waals surface area contributed by atoms with Crippen LogP contribution in [0.4, 0.5) is 13.2 Å². The Bertz CT molecular complexity index is 413. The fourth-order valence-corrected chi connectivity index (χ4v) is 2.63. The predicted octanol–water partition coefficient (Wildman–Crippen LogP) is 0.834. The first kappa shape index (κ1) is 11.0. The highest BCUT2D eigenvalue weighted by Gasteiger charge is 2.48. The molecule has 0 aromatic carbocycles. The van der Waals surface area contributed by atoms with E-state index < -0.39 is 11.9 Å². The number of aromatic nitrogens is 2. The molecular weight excluding hydrogens is 233 g/mol. The topological polar surface area (TPSA) is 44.0 Å². The van der Waals surface area contributed by atoms with Crippen molar-refractivity contribution in [1.29, 1.82) is 0 Å². The average molecular weight is 246 g/mol. The van der Waals surface area contributed by atoms with Gasteiger partial charge in [-0.15, -0.1) is 0 Å². The van der Waals surface area contributed by atoms with Gasteiger partial charge in [-0.2, -0.15) is 13.2 Å². The van der Waals surface area contributed by atoms with E-state index in [1.54, 1.807) is 0 Å². The fourth-order valence-electron chi connectivity index (χ4n) is 2.63. The molecule has 2 fully saturated rings. The number of alkyl halides is 3. The van der Waals surface area contributed by atoms with Crippen molar-refractivity contribution in [2.24, 2.45) is 5.41 Å². The van der Waals surface area contributed by atoms with Crippen LogP contribution < -0.4 is 5.32 Å². The van der Waals surface area contributed by atoms with Crippen molar-refractivity contribution in [2.45, 2.75) is 12.7 Å². The molecule has 2 aliphatic heterocycles. The van der Waals surface area contributed by atoms with Crippen LogP contribution in [0, 0.1) is 5.41 Å². The fraction of sp³-hybridized carbons (Fsp3) is 0.700. The Hall–Kier alpha value is -1.08. The molecule has 1 aromatic rings. The highest BCUT2D eigenvalue weighted by Crippen LogP contribution is 2.36. The van der Waals surface area contributed by atoms with Crippen molar-refractivity contribution in [1.82, 2.24) is 20.2 Å². The van der Waals surface area contributed by atoms with Gasteiger partial charge in [0, 0.05) is 38.1 Å². The Balaban J connectivity index is 1.64. The lowest BCUT2D eigenvalue weighted by atomic mass is 9.74. The molecule has 1 spiro atoms. The minimum Gasteiger partial charge on any atom is -0.347 e. The standard InChI is InChI=1S/C10H13F3N4/c11-10(12,13)8-7(15-6-16-8)1-17-4-9(5-17)2-14-3-9/h6,14H,1-5H2,(H,15,16). The molecule has 0 saturated carbocycles. The average Bonchev–Trinajstić information content (AvgIpc) is 2.53. The van der Waals surface area contributed by atoms with Crippen LogP contribution in [-0.4, -0.2) is 41.0 Å². The van der Waals surface area contributed by atoms with E-state index in [9.17, 15) is 13.2 Å². The lowest BCUT2D eigenvalue weighted by Gasteiger charge is -2.56. The summed E-state index contributed by atoms with van der Waals surface area (Å²) in [6.07, 6.45) is -3.26. The first-order chi connectivity index (χ1) is 7.99. The van der Waals surface area contributed by atoms with Crippen molar-refractivity contribution in [3.8, 4) is 0 Å². The molecule has 0 bridgehead atoms. The SMILES string of the molecule is FC(F)(F)c1nc[nH]c1CN1CC2(CNC2)C1. The molecular formula is C10H13F3N4. The van der Waals surface area contributed by atoms with Crippen molar-refractivity contribution in [2.75, 3.05) is 26.2 Å². The summed E-state index contributed by atoms with van der Waals surface area (Å²) in [5.41, 5.74) is -0.289. The maximum atomic E-state index is 12.6. The van der Waals surface area contributed by atoms with Gasteiger partial charge in [0.15, 0.2) is 5.69 Å². The van der Waals surface area contributed by atoms with E-state index in [2.05, 4.69) is 15.3 Å². The smallest absolute Gasteiger partial charge is 0.347 e. The number of likely N-dealkylation sites (tertiary alicyclic amines) is 1. The van der Waals surface area contributed by atoms with Crippen molar-refractivity contribution in [3.05, 3.63) is 17.7 Å². The van der Waals surface area contributed by atoms with Gasteiger partial charge in [-0.1, -0.05) is 0 Å². The third-order valence-corrected chi connectivity index (χ3v) is 3.49. The number of nitrogens with zero attached hydrogens (tertiary/aromatic N) is 2. The number of H-pyrrole nitrogens is 1. The van der Waals surface area contributed by atoms with Gasteiger partial charge in [-0.05, 0) is 0 Å². The number of aromatic amines is 1. The van der Waals surface area contributed by atoms with E-state index in [4.69, 9.17) is 0 Å². The Morgan fingerprint density at radius 3 is 2.59 bits per heavy atom. The molecule has 0 atom stereocenters. The van der Waals surface area contributed by atoms with Gasteiger partial charge in [-0.3, -0.25) is 4.90 Å². The first-order valence-corrected chi connectivity index (χ1v) is 5.51. The van der Waals surface area contributed by atoms with E-state index in [0.29, 0.717) is 12.0 Å². The molecule has 2 saturated heterocycles. The number of hydrogen-bond donors (Lipinski definition) is 2. The second-order valence-corrected chi connectivity index (χ2v) is 4.98. The molecule has 1 aromatic heterocycles. The maximum absolute atomic E-state index is 12.6. The van der Waals surface area contributed by atoms with Crippen molar-refractivity contribution in [3.63, 3.8) is 0 Å². The van der Waals surface area contributed by atoms with E-state index in [1.807, 2.05) is 4.90 Å². The summed E-state index contributed by atoms with van der Waals surface area (Å²) in [7, 11) is 0. The summed E-state index contributed by atoms with van der Waals surface area (Å²) in [6.45, 7) is 4.01. The van der Waals surface area contributed by atoms with Crippen LogP contribution in [0.1, 0.15) is 11.4 Å². The monoisotopic (exact) mass is 246 g/mol. The third-order valence-electron chi connectivity index (χ3n) is 3.49. The highest BCUT2D eigenvalue weighted by molar-refractivity contribution is 5.16. The van der Waals surface area contributed by atoms with Crippen LogP contribution >= 0.6 is 0 Å². The molecule has 0 unspecified atom stereocenters. The number of nitrogens with one attached hydrogen (secondary N) is 2. The minimum atomic E-state index is -4.37. The van der Waals surface area contributed by atoms with E-state index >= 15 is 0 Å². The molecule has 17 heavy (non-hydrogen) atoms. The Morgan fingerprint density at radius 2 is 2.06 bits per heavy atom. The molecule has 2 aliphatic rings. The highest BCUT2D eigenvalue weighted by atomic mass is 19.4. The molecule has 2 N–H and O–H groups in total. The number of rotatable bonds is 2. The Labute approximate surface area is 96.2 Å². The van der Waals surface area contributed by atoms with Crippen molar-refractivity contribution >= 4 is 0 Å². The minimum absolute atomic E-state index is 0.166. The predicted molar refractivity (Wildman–Crippen MR) is 54.2 cm³/mol. The summed E-state index contributed by atoms with van der Waals surface area (Å²) in [5, 5.41) is 3.19. The lowest BCUT2D eigenvalue weighted by Crippen LogP contribution is -2.70. The van der Waals surface area contributed by atoms with Crippen LogP contribution in [-0.2, 0) is 12.7 Å². The zero-order valence-corrected chi connectivity index (χ0v) is 9.14. The van der Waals surface area contributed by atoms with Crippen LogP contribution in [0.15, 0.2) is 6.33 Å². The van der Waals surface area contributed by atoms with E-state index in [1.165, 1.54) is 0 Å². The van der Waals surface area contributed by atoms with Gasteiger partial charge in [0.1, 0.15) is 0 Å². The van der Waals surface area contributed by atoms with E-state index in [0.717, 1.165) is 32.5 Å². The quantitative estimate of drug-likeness (QED) is 0.812. The van der Waals surface area contributed by atoms with Crippen LogP contribution in [0.5, 0.6) is 0 Å². The molecule has 3 heterocycles. The molecule has 0 amide bonds. The Kier molecular flexibility index (Phi) is 2.24. The van der Waals surface area contributed by atoms with Crippen molar-refractivity contribution < 1.29 is 13.2 Å². The van der Waals surface area contributed by atoms with Crippen LogP contribution in [0.2, 0.25) is 0 Å². The molecule has 4 nitrogen and oxygen atoms in total. The largest absolute Gasteiger partial charge is 0.435 e. The molecule has 94 valence electrons. The van der Waals surface area contributed by atoms with Gasteiger partial charge in [-0.25, -0.2) is 4.98 Å². The molecule has 0 radical (unpaired) electrons. The van der Waals surface area contributed by atoms with Gasteiger partial charge >= 0.3 is 6.18 Å². The zero-order chi connectivity index (χ0) is 12.1.